The predicted molar refractivity (Wildman–Crippen MR) is 111 cm³/mol. The minimum Gasteiger partial charge on any atom is -0.494 e. The number of carbonyl (C=O) groups is 1. The van der Waals surface area contributed by atoms with E-state index in [1.807, 2.05) is 6.07 Å². The van der Waals surface area contributed by atoms with Gasteiger partial charge in [0.1, 0.15) is 17.4 Å². The molecule has 2 heterocycles. The van der Waals surface area contributed by atoms with Crippen molar-refractivity contribution in [3.05, 3.63) is 85.4 Å². The third-order valence-electron chi connectivity index (χ3n) is 4.40. The van der Waals surface area contributed by atoms with Crippen molar-refractivity contribution in [1.29, 1.82) is 5.26 Å². The van der Waals surface area contributed by atoms with E-state index in [-0.39, 0.29) is 34.0 Å². The molecule has 0 unspecified atom stereocenters. The van der Waals surface area contributed by atoms with Crippen molar-refractivity contribution in [2.24, 2.45) is 0 Å². The molecule has 7 nitrogen and oxygen atoms in total. The Morgan fingerprint density at radius 3 is 2.73 bits per heavy atom. The van der Waals surface area contributed by atoms with E-state index in [1.165, 1.54) is 25.3 Å². The smallest absolute Gasteiger partial charge is 0.271 e. The number of rotatable bonds is 6. The van der Waals surface area contributed by atoms with Crippen LogP contribution >= 0.6 is 23.2 Å². The van der Waals surface area contributed by atoms with Crippen LogP contribution in [-0.4, -0.2) is 27.0 Å². The van der Waals surface area contributed by atoms with Gasteiger partial charge in [0.15, 0.2) is 6.61 Å². The monoisotopic (exact) mass is 443 g/mol. The Kier molecular flexibility index (Phi) is 6.40. The summed E-state index contributed by atoms with van der Waals surface area (Å²) in [4.78, 5) is 29.5. The second-order valence-electron chi connectivity index (χ2n) is 6.35. The molecular formula is C21H15Cl2N3O4. The quantitative estimate of drug-likeness (QED) is 0.581. The number of ether oxygens (including phenoxy) is 1. The lowest BCUT2D eigenvalue weighted by Crippen LogP contribution is -2.28. The van der Waals surface area contributed by atoms with Crippen LogP contribution in [-0.2, 0) is 6.54 Å². The Bertz CT molecular complexity index is 1220. The number of aromatic nitrogens is 2. The Labute approximate surface area is 181 Å². The summed E-state index contributed by atoms with van der Waals surface area (Å²) in [7, 11) is 0. The van der Waals surface area contributed by atoms with Gasteiger partial charge in [-0.05, 0) is 42.3 Å². The molecule has 0 bridgehead atoms. The van der Waals surface area contributed by atoms with E-state index in [0.717, 1.165) is 4.57 Å². The summed E-state index contributed by atoms with van der Waals surface area (Å²) in [6.07, 6.45) is 3.08. The molecule has 1 N–H and O–H groups in total. The zero-order valence-electron chi connectivity index (χ0n) is 15.7. The average molecular weight is 444 g/mol. The number of hydrogen-bond acceptors (Lipinski definition) is 6. The van der Waals surface area contributed by atoms with Crippen LogP contribution < -0.4 is 10.3 Å². The van der Waals surface area contributed by atoms with Gasteiger partial charge in [0.05, 0.1) is 17.1 Å². The van der Waals surface area contributed by atoms with Gasteiger partial charge in [-0.15, -0.1) is 0 Å². The van der Waals surface area contributed by atoms with E-state index in [2.05, 4.69) is 4.98 Å². The molecule has 152 valence electrons. The summed E-state index contributed by atoms with van der Waals surface area (Å²) >= 11 is 11.9. The highest BCUT2D eigenvalue weighted by Gasteiger charge is 2.24. The van der Waals surface area contributed by atoms with Gasteiger partial charge in [-0.2, -0.15) is 5.26 Å². The largest absolute Gasteiger partial charge is 0.494 e. The van der Waals surface area contributed by atoms with Gasteiger partial charge in [0, 0.05) is 17.4 Å². The van der Waals surface area contributed by atoms with Gasteiger partial charge >= 0.3 is 0 Å². The molecule has 0 saturated heterocycles. The topological polar surface area (TPSA) is 105 Å². The van der Waals surface area contributed by atoms with E-state index >= 15 is 0 Å². The highest BCUT2D eigenvalue weighted by molar-refractivity contribution is 6.35. The first-order chi connectivity index (χ1) is 14.3. The fourth-order valence-corrected chi connectivity index (χ4v) is 3.38. The third kappa shape index (κ3) is 4.30. The molecule has 0 aliphatic heterocycles. The molecule has 0 fully saturated rings. The van der Waals surface area contributed by atoms with Gasteiger partial charge < -0.3 is 9.84 Å². The molecule has 3 aromatic rings. The maximum atomic E-state index is 12.8. The van der Waals surface area contributed by atoms with Crippen LogP contribution in [0.3, 0.4) is 0 Å². The van der Waals surface area contributed by atoms with E-state index in [0.29, 0.717) is 10.6 Å². The first-order valence-corrected chi connectivity index (χ1v) is 9.45. The Morgan fingerprint density at radius 1 is 1.33 bits per heavy atom. The standard InChI is InChI=1S/C21H15Cl2N3O4/c1-12-15(8-24)20(28)26(10-13-3-2-6-25-9-13)21(29)19(12)17(27)11-30-18-5-4-14(22)7-16(18)23/h2-7,9,29H,10-11H2,1H3. The first-order valence-electron chi connectivity index (χ1n) is 8.70. The molecule has 3 rings (SSSR count). The average Bonchev–Trinajstić information content (AvgIpc) is 2.71. The number of nitriles is 1. The van der Waals surface area contributed by atoms with Crippen molar-refractivity contribution in [1.82, 2.24) is 9.55 Å². The van der Waals surface area contributed by atoms with Crippen molar-refractivity contribution in [3.63, 3.8) is 0 Å². The van der Waals surface area contributed by atoms with Crippen molar-refractivity contribution in [2.75, 3.05) is 6.61 Å². The lowest BCUT2D eigenvalue weighted by Gasteiger charge is -2.16. The van der Waals surface area contributed by atoms with Gasteiger partial charge in [-0.25, -0.2) is 0 Å². The van der Waals surface area contributed by atoms with Gasteiger partial charge in [0.2, 0.25) is 11.7 Å². The lowest BCUT2D eigenvalue weighted by molar-refractivity contribution is 0.0916. The van der Waals surface area contributed by atoms with Gasteiger partial charge in [0.25, 0.3) is 5.56 Å². The summed E-state index contributed by atoms with van der Waals surface area (Å²) < 4.78 is 6.41. The van der Waals surface area contributed by atoms with Crippen molar-refractivity contribution in [3.8, 4) is 17.7 Å². The number of carbonyl (C=O) groups excluding carboxylic acids is 1. The van der Waals surface area contributed by atoms with E-state index in [4.69, 9.17) is 27.9 Å². The number of pyridine rings is 2. The summed E-state index contributed by atoms with van der Waals surface area (Å²) in [5, 5.41) is 20.8. The molecule has 2 aromatic heterocycles. The van der Waals surface area contributed by atoms with E-state index in [9.17, 15) is 20.0 Å². The third-order valence-corrected chi connectivity index (χ3v) is 4.93. The molecule has 0 saturated carbocycles. The van der Waals surface area contributed by atoms with Crippen molar-refractivity contribution >= 4 is 29.0 Å². The molecule has 30 heavy (non-hydrogen) atoms. The van der Waals surface area contributed by atoms with Crippen LogP contribution in [0.15, 0.2) is 47.5 Å². The van der Waals surface area contributed by atoms with E-state index < -0.39 is 23.8 Å². The number of ketones is 1. The van der Waals surface area contributed by atoms with Crippen LogP contribution in [0.1, 0.15) is 27.0 Å². The Morgan fingerprint density at radius 2 is 2.10 bits per heavy atom. The molecule has 9 heteroatoms. The van der Waals surface area contributed by atoms with Crippen LogP contribution in [0.4, 0.5) is 0 Å². The predicted octanol–water partition coefficient (Wildman–Crippen LogP) is 3.75. The molecule has 0 amide bonds. The minimum atomic E-state index is -0.699. The molecule has 1 aromatic carbocycles. The van der Waals surface area contributed by atoms with Crippen LogP contribution in [0.25, 0.3) is 0 Å². The highest BCUT2D eigenvalue weighted by atomic mass is 35.5. The summed E-state index contributed by atoms with van der Waals surface area (Å²) in [6, 6.07) is 9.72. The number of halogens is 2. The maximum Gasteiger partial charge on any atom is 0.271 e. The van der Waals surface area contributed by atoms with Crippen LogP contribution in [0, 0.1) is 18.3 Å². The fraction of sp³-hybridized carbons (Fsp3) is 0.143. The number of aromatic hydroxyl groups is 1. The summed E-state index contributed by atoms with van der Waals surface area (Å²) in [5.41, 5.74) is -0.400. The van der Waals surface area contributed by atoms with Gasteiger partial charge in [-0.3, -0.25) is 19.1 Å². The Balaban J connectivity index is 1.99. The lowest BCUT2D eigenvalue weighted by atomic mass is 10.0. The van der Waals surface area contributed by atoms with Crippen LogP contribution in [0.2, 0.25) is 10.0 Å². The number of Topliss-reactive ketones (excluding diaryl/α,β-unsaturated/α-hetero) is 1. The molecule has 0 spiro atoms. The second-order valence-corrected chi connectivity index (χ2v) is 7.19. The molecule has 0 radical (unpaired) electrons. The van der Waals surface area contributed by atoms with E-state index in [1.54, 1.807) is 24.4 Å². The summed E-state index contributed by atoms with van der Waals surface area (Å²) in [6.45, 7) is 0.903. The fourth-order valence-electron chi connectivity index (χ4n) is 2.91. The normalized spacial score (nSPS) is 10.5. The number of nitrogens with zero attached hydrogens (tertiary/aromatic N) is 3. The van der Waals surface area contributed by atoms with Crippen molar-refractivity contribution < 1.29 is 14.6 Å². The Hall–Kier alpha value is -3.34. The SMILES string of the molecule is Cc1c(C(=O)COc2ccc(Cl)cc2Cl)c(O)n(Cc2cccnc2)c(=O)c1C#N. The zero-order chi connectivity index (χ0) is 21.8. The first kappa shape index (κ1) is 21.4. The van der Waals surface area contributed by atoms with Crippen molar-refractivity contribution in [2.45, 2.75) is 13.5 Å². The second kappa shape index (κ2) is 8.99. The minimum absolute atomic E-state index is 0.0579. The maximum absolute atomic E-state index is 12.8. The molecule has 0 aliphatic carbocycles. The zero-order valence-corrected chi connectivity index (χ0v) is 17.2. The van der Waals surface area contributed by atoms with Crippen LogP contribution in [0.5, 0.6) is 11.6 Å². The molecule has 0 aliphatic rings. The number of benzene rings is 1. The highest BCUT2D eigenvalue weighted by Crippen LogP contribution is 2.28. The molecule has 0 atom stereocenters. The van der Waals surface area contributed by atoms with Gasteiger partial charge in [-0.1, -0.05) is 29.3 Å². The summed E-state index contributed by atoms with van der Waals surface area (Å²) in [5.74, 6) is -0.931. The molecular weight excluding hydrogens is 429 g/mol. The number of hydrogen-bond donors (Lipinski definition) is 1.